The van der Waals surface area contributed by atoms with Gasteiger partial charge in [0.2, 0.25) is 0 Å². The van der Waals surface area contributed by atoms with E-state index in [-0.39, 0.29) is 5.54 Å². The molecule has 1 nitrogen and oxygen atoms in total. The van der Waals surface area contributed by atoms with Crippen molar-refractivity contribution in [3.8, 4) is 0 Å². The van der Waals surface area contributed by atoms with Crippen LogP contribution < -0.4 is 5.73 Å². The number of nitrogens with two attached hydrogens (primary N) is 1. The molecule has 0 saturated heterocycles. The smallest absolute Gasteiger partial charge is 0.0347 e. The topological polar surface area (TPSA) is 26.0 Å². The van der Waals surface area contributed by atoms with E-state index in [9.17, 15) is 0 Å². The average Bonchev–Trinajstić information content (AvgIpc) is 1.87. The van der Waals surface area contributed by atoms with Gasteiger partial charge in [0.05, 0.1) is 0 Å². The van der Waals surface area contributed by atoms with E-state index in [1.807, 2.05) is 0 Å². The predicted octanol–water partition coefficient (Wildman–Crippen LogP) is 1.88. The maximum absolute atomic E-state index is 5.80. The zero-order valence-corrected chi connectivity index (χ0v) is 8.13. The molecule has 0 rings (SSSR count). The van der Waals surface area contributed by atoms with Crippen LogP contribution in [0.15, 0.2) is 0 Å². The number of alkyl halides is 2. The first-order chi connectivity index (χ1) is 3.68. The molecule has 0 aromatic heterocycles. The van der Waals surface area contributed by atoms with Crippen LogP contribution in [0.1, 0.15) is 13.3 Å². The summed E-state index contributed by atoms with van der Waals surface area (Å²) in [6.07, 6.45) is 1.00. The van der Waals surface area contributed by atoms with Gasteiger partial charge >= 0.3 is 0 Å². The van der Waals surface area contributed by atoms with Gasteiger partial charge in [0, 0.05) is 16.2 Å². The van der Waals surface area contributed by atoms with Crippen molar-refractivity contribution in [2.45, 2.75) is 18.9 Å². The van der Waals surface area contributed by atoms with Gasteiger partial charge in [-0.05, 0) is 6.42 Å². The fourth-order valence-corrected chi connectivity index (χ4v) is 1.95. The minimum atomic E-state index is -0.0417. The number of halogens is 2. The van der Waals surface area contributed by atoms with E-state index in [0.29, 0.717) is 0 Å². The molecule has 2 N–H and O–H groups in total. The second kappa shape index (κ2) is 3.85. The Morgan fingerprint density at radius 3 is 1.75 bits per heavy atom. The molecular weight excluding hydrogens is 234 g/mol. The van der Waals surface area contributed by atoms with Gasteiger partial charge in [-0.15, -0.1) is 0 Å². The quantitative estimate of drug-likeness (QED) is 0.754. The fourth-order valence-electron chi connectivity index (χ4n) is 0.225. The van der Waals surface area contributed by atoms with Crippen molar-refractivity contribution in [1.29, 1.82) is 0 Å². The lowest BCUT2D eigenvalue weighted by molar-refractivity contribution is 0.528. The van der Waals surface area contributed by atoms with E-state index in [2.05, 4.69) is 38.8 Å². The fraction of sp³-hybridized carbons (Fsp3) is 1.00. The highest BCUT2D eigenvalue weighted by Gasteiger charge is 2.18. The van der Waals surface area contributed by atoms with Crippen molar-refractivity contribution in [3.05, 3.63) is 0 Å². The predicted molar refractivity (Wildman–Crippen MR) is 44.8 cm³/mol. The molecule has 0 aliphatic rings. The van der Waals surface area contributed by atoms with E-state index in [4.69, 9.17) is 5.73 Å². The van der Waals surface area contributed by atoms with Gasteiger partial charge in [-0.3, -0.25) is 0 Å². The zero-order chi connectivity index (χ0) is 6.62. The molecule has 8 heavy (non-hydrogen) atoms. The van der Waals surface area contributed by atoms with Gasteiger partial charge in [-0.1, -0.05) is 38.8 Å². The summed E-state index contributed by atoms with van der Waals surface area (Å²) in [7, 11) is 0. The molecular formula is C5H11Br2N. The third-order valence-corrected chi connectivity index (χ3v) is 3.47. The van der Waals surface area contributed by atoms with Gasteiger partial charge < -0.3 is 5.73 Å². The summed E-state index contributed by atoms with van der Waals surface area (Å²) in [6, 6.07) is 0. The highest BCUT2D eigenvalue weighted by molar-refractivity contribution is 9.09. The summed E-state index contributed by atoms with van der Waals surface area (Å²) < 4.78 is 0. The van der Waals surface area contributed by atoms with Crippen molar-refractivity contribution in [2.24, 2.45) is 5.73 Å². The Morgan fingerprint density at radius 2 is 1.75 bits per heavy atom. The molecule has 0 bridgehead atoms. The molecule has 3 heteroatoms. The Balaban J connectivity index is 3.58. The normalized spacial score (nSPS) is 12.0. The average molecular weight is 245 g/mol. The zero-order valence-electron chi connectivity index (χ0n) is 4.95. The molecule has 0 aromatic rings. The van der Waals surface area contributed by atoms with Gasteiger partial charge in [-0.25, -0.2) is 0 Å². The van der Waals surface area contributed by atoms with Crippen molar-refractivity contribution in [2.75, 3.05) is 10.7 Å². The second-order valence-electron chi connectivity index (χ2n) is 1.98. The van der Waals surface area contributed by atoms with Gasteiger partial charge in [0.1, 0.15) is 0 Å². The lowest BCUT2D eigenvalue weighted by Gasteiger charge is -2.21. The Kier molecular flexibility index (Phi) is 4.30. The van der Waals surface area contributed by atoms with E-state index in [1.165, 1.54) is 0 Å². The van der Waals surface area contributed by atoms with E-state index < -0.39 is 0 Å². The standard InChI is InChI=1S/C5H11Br2N/c1-2-5(8,3-6)4-7/h2-4,8H2,1H3. The first-order valence-corrected chi connectivity index (χ1v) is 4.83. The van der Waals surface area contributed by atoms with Crippen LogP contribution >= 0.6 is 31.9 Å². The molecule has 0 unspecified atom stereocenters. The van der Waals surface area contributed by atoms with E-state index >= 15 is 0 Å². The van der Waals surface area contributed by atoms with Crippen LogP contribution in [0.4, 0.5) is 0 Å². The minimum absolute atomic E-state index is 0.0417. The molecule has 0 aliphatic carbocycles. The Morgan fingerprint density at radius 1 is 1.38 bits per heavy atom. The van der Waals surface area contributed by atoms with Crippen molar-refractivity contribution < 1.29 is 0 Å². The molecule has 0 radical (unpaired) electrons. The van der Waals surface area contributed by atoms with Crippen LogP contribution in [-0.4, -0.2) is 16.2 Å². The molecule has 0 heterocycles. The summed E-state index contributed by atoms with van der Waals surface area (Å²) in [6.45, 7) is 2.09. The molecule has 0 atom stereocenters. The number of hydrogen-bond acceptors (Lipinski definition) is 1. The van der Waals surface area contributed by atoms with Crippen molar-refractivity contribution in [1.82, 2.24) is 0 Å². The molecule has 0 amide bonds. The summed E-state index contributed by atoms with van der Waals surface area (Å²) in [5.74, 6) is 0. The summed E-state index contributed by atoms with van der Waals surface area (Å²) in [5, 5.41) is 1.73. The largest absolute Gasteiger partial charge is 0.324 e. The van der Waals surface area contributed by atoms with E-state index in [0.717, 1.165) is 17.1 Å². The monoisotopic (exact) mass is 243 g/mol. The molecule has 50 valence electrons. The van der Waals surface area contributed by atoms with Crippen LogP contribution in [0.25, 0.3) is 0 Å². The Bertz CT molecular complexity index is 53.2. The molecule has 0 fully saturated rings. The van der Waals surface area contributed by atoms with E-state index in [1.54, 1.807) is 0 Å². The Hall–Kier alpha value is 0.920. The summed E-state index contributed by atoms with van der Waals surface area (Å²) in [5.41, 5.74) is 5.76. The number of hydrogen-bond donors (Lipinski definition) is 1. The van der Waals surface area contributed by atoms with Crippen LogP contribution in [0, 0.1) is 0 Å². The summed E-state index contributed by atoms with van der Waals surface area (Å²) >= 11 is 6.67. The molecule has 0 aliphatic heterocycles. The van der Waals surface area contributed by atoms with Crippen LogP contribution in [0.3, 0.4) is 0 Å². The van der Waals surface area contributed by atoms with Crippen LogP contribution in [0.5, 0.6) is 0 Å². The Labute approximate surface area is 67.3 Å². The SMILES string of the molecule is CCC(N)(CBr)CBr. The lowest BCUT2D eigenvalue weighted by Crippen LogP contribution is -2.42. The summed E-state index contributed by atoms with van der Waals surface area (Å²) in [4.78, 5) is 0. The third kappa shape index (κ3) is 2.46. The molecule has 0 spiro atoms. The van der Waals surface area contributed by atoms with Crippen LogP contribution in [-0.2, 0) is 0 Å². The minimum Gasteiger partial charge on any atom is -0.324 e. The van der Waals surface area contributed by atoms with Crippen molar-refractivity contribution >= 4 is 31.9 Å². The highest BCUT2D eigenvalue weighted by Crippen LogP contribution is 2.12. The first kappa shape index (κ1) is 8.92. The van der Waals surface area contributed by atoms with Crippen LogP contribution in [0.2, 0.25) is 0 Å². The first-order valence-electron chi connectivity index (χ1n) is 2.59. The van der Waals surface area contributed by atoms with Crippen molar-refractivity contribution in [3.63, 3.8) is 0 Å². The maximum atomic E-state index is 5.80. The number of rotatable bonds is 3. The molecule has 0 saturated carbocycles. The second-order valence-corrected chi connectivity index (χ2v) is 3.10. The lowest BCUT2D eigenvalue weighted by atomic mass is 10.0. The van der Waals surface area contributed by atoms with Gasteiger partial charge in [0.15, 0.2) is 0 Å². The molecule has 0 aromatic carbocycles. The van der Waals surface area contributed by atoms with Gasteiger partial charge in [-0.2, -0.15) is 0 Å². The maximum Gasteiger partial charge on any atom is 0.0347 e. The van der Waals surface area contributed by atoms with Gasteiger partial charge in [0.25, 0.3) is 0 Å². The highest BCUT2D eigenvalue weighted by atomic mass is 79.9. The third-order valence-electron chi connectivity index (χ3n) is 1.24.